The van der Waals surface area contributed by atoms with Gasteiger partial charge < -0.3 is 19.4 Å². The molecular formula is C18H24N6OS. The van der Waals surface area contributed by atoms with Crippen molar-refractivity contribution in [3.8, 4) is 0 Å². The number of hydrogen-bond donors (Lipinski definition) is 0. The fourth-order valence-corrected chi connectivity index (χ4v) is 5.11. The summed E-state index contributed by atoms with van der Waals surface area (Å²) in [5.41, 5.74) is 1.35. The summed E-state index contributed by atoms with van der Waals surface area (Å²) >= 11 is 1.90. The Balaban J connectivity index is 1.25. The van der Waals surface area contributed by atoms with Crippen LogP contribution in [-0.2, 0) is 17.6 Å². The summed E-state index contributed by atoms with van der Waals surface area (Å²) in [5.74, 6) is 2.04. The van der Waals surface area contributed by atoms with Crippen molar-refractivity contribution in [3.63, 3.8) is 0 Å². The number of ether oxygens (including phenoxy) is 1. The van der Waals surface area contributed by atoms with Crippen LogP contribution in [0.1, 0.15) is 17.0 Å². The third-order valence-corrected chi connectivity index (χ3v) is 6.65. The lowest BCUT2D eigenvalue weighted by molar-refractivity contribution is 0.122. The molecule has 8 heteroatoms. The smallest absolute Gasteiger partial charge is 0.185 e. The van der Waals surface area contributed by atoms with Gasteiger partial charge >= 0.3 is 0 Å². The largest absolute Gasteiger partial charge is 0.378 e. The summed E-state index contributed by atoms with van der Waals surface area (Å²) in [5, 5.41) is 1.21. The first-order valence-electron chi connectivity index (χ1n) is 9.50. The molecule has 3 aliphatic rings. The van der Waals surface area contributed by atoms with Crippen LogP contribution in [0, 0.1) is 0 Å². The number of nitrogens with zero attached hydrogens (tertiary/aromatic N) is 6. The maximum absolute atomic E-state index is 5.44. The minimum Gasteiger partial charge on any atom is -0.378 e. The third kappa shape index (κ3) is 3.12. The molecule has 0 radical (unpaired) electrons. The standard InChI is InChI=1S/C18H24N6OS/c1-2-14-15(3-1)26-18(21-14)24-6-4-22(5-7-24)16-12-17(20-13-19-16)23-8-10-25-11-9-23/h12-13H,1-11H2. The number of rotatable bonds is 3. The lowest BCUT2D eigenvalue weighted by Gasteiger charge is -2.35. The summed E-state index contributed by atoms with van der Waals surface area (Å²) in [6.07, 6.45) is 5.36. The summed E-state index contributed by atoms with van der Waals surface area (Å²) in [6.45, 7) is 7.31. The number of aromatic nitrogens is 3. The van der Waals surface area contributed by atoms with E-state index in [4.69, 9.17) is 9.72 Å². The minimum atomic E-state index is 0.774. The van der Waals surface area contributed by atoms with Crippen molar-refractivity contribution >= 4 is 28.1 Å². The van der Waals surface area contributed by atoms with Gasteiger partial charge in [-0.15, -0.1) is 11.3 Å². The zero-order valence-corrected chi connectivity index (χ0v) is 15.7. The normalized spacial score (nSPS) is 20.5. The van der Waals surface area contributed by atoms with Crippen molar-refractivity contribution < 1.29 is 4.74 Å². The highest BCUT2D eigenvalue weighted by Crippen LogP contribution is 2.33. The quantitative estimate of drug-likeness (QED) is 0.811. The number of fused-ring (bicyclic) bond motifs is 1. The Labute approximate surface area is 157 Å². The SMILES string of the molecule is c1nc(N2CCOCC2)cc(N2CCN(c3nc4c(s3)CCC4)CC2)n1. The summed E-state index contributed by atoms with van der Waals surface area (Å²) in [7, 11) is 0. The van der Waals surface area contributed by atoms with E-state index in [2.05, 4.69) is 30.7 Å². The molecule has 2 aromatic rings. The Hall–Kier alpha value is -1.93. The van der Waals surface area contributed by atoms with Crippen molar-refractivity contribution in [1.82, 2.24) is 15.0 Å². The maximum atomic E-state index is 5.44. The molecule has 138 valence electrons. The molecule has 1 aliphatic carbocycles. The molecule has 2 aromatic heterocycles. The van der Waals surface area contributed by atoms with Gasteiger partial charge in [-0.05, 0) is 19.3 Å². The van der Waals surface area contributed by atoms with Gasteiger partial charge in [0.1, 0.15) is 18.0 Å². The van der Waals surface area contributed by atoms with Gasteiger partial charge in [0.15, 0.2) is 5.13 Å². The Morgan fingerprint density at radius 1 is 0.846 bits per heavy atom. The van der Waals surface area contributed by atoms with E-state index >= 15 is 0 Å². The molecule has 5 rings (SSSR count). The van der Waals surface area contributed by atoms with E-state index in [1.54, 1.807) is 6.33 Å². The van der Waals surface area contributed by atoms with Crippen LogP contribution in [0.2, 0.25) is 0 Å². The van der Waals surface area contributed by atoms with Gasteiger partial charge in [-0.3, -0.25) is 0 Å². The molecular weight excluding hydrogens is 348 g/mol. The predicted octanol–water partition coefficient (Wildman–Crippen LogP) is 1.58. The fraction of sp³-hybridized carbons (Fsp3) is 0.611. The average molecular weight is 372 g/mol. The maximum Gasteiger partial charge on any atom is 0.185 e. The molecule has 0 amide bonds. The molecule has 0 aromatic carbocycles. The van der Waals surface area contributed by atoms with Crippen LogP contribution in [0.3, 0.4) is 0 Å². The van der Waals surface area contributed by atoms with Crippen molar-refractivity contribution in [2.75, 3.05) is 67.2 Å². The number of piperazine rings is 1. The van der Waals surface area contributed by atoms with E-state index in [9.17, 15) is 0 Å². The van der Waals surface area contributed by atoms with E-state index in [0.717, 1.165) is 70.5 Å². The number of thiazole rings is 1. The first kappa shape index (κ1) is 16.3. The number of anilines is 3. The first-order valence-corrected chi connectivity index (χ1v) is 10.3. The highest BCUT2D eigenvalue weighted by molar-refractivity contribution is 7.15. The van der Waals surface area contributed by atoms with Gasteiger partial charge in [0.2, 0.25) is 0 Å². The monoisotopic (exact) mass is 372 g/mol. The number of hydrogen-bond acceptors (Lipinski definition) is 8. The molecule has 0 bridgehead atoms. The van der Waals surface area contributed by atoms with E-state index in [0.29, 0.717) is 0 Å². The Morgan fingerprint density at radius 2 is 1.54 bits per heavy atom. The number of morpholine rings is 1. The average Bonchev–Trinajstić information content (AvgIpc) is 3.31. The second-order valence-electron chi connectivity index (χ2n) is 7.03. The second kappa shape index (κ2) is 7.00. The molecule has 4 heterocycles. The summed E-state index contributed by atoms with van der Waals surface area (Å²) in [6, 6.07) is 2.12. The molecule has 0 unspecified atom stereocenters. The van der Waals surface area contributed by atoms with Crippen LogP contribution in [-0.4, -0.2) is 67.4 Å². The predicted molar refractivity (Wildman–Crippen MR) is 104 cm³/mol. The van der Waals surface area contributed by atoms with E-state index in [1.807, 2.05) is 11.3 Å². The van der Waals surface area contributed by atoms with Crippen LogP contribution in [0.5, 0.6) is 0 Å². The van der Waals surface area contributed by atoms with Gasteiger partial charge in [0, 0.05) is 50.2 Å². The zero-order valence-electron chi connectivity index (χ0n) is 14.9. The Morgan fingerprint density at radius 3 is 2.27 bits per heavy atom. The van der Waals surface area contributed by atoms with Crippen LogP contribution in [0.15, 0.2) is 12.4 Å². The first-order chi connectivity index (χ1) is 12.9. The van der Waals surface area contributed by atoms with Gasteiger partial charge in [-0.2, -0.15) is 0 Å². The van der Waals surface area contributed by atoms with Gasteiger partial charge in [-0.25, -0.2) is 15.0 Å². The molecule has 0 spiro atoms. The summed E-state index contributed by atoms with van der Waals surface area (Å²) in [4.78, 5) is 22.4. The lowest BCUT2D eigenvalue weighted by atomic mass is 10.3. The molecule has 2 fully saturated rings. The number of aryl methyl sites for hydroxylation is 2. The van der Waals surface area contributed by atoms with Crippen molar-refractivity contribution in [2.45, 2.75) is 19.3 Å². The van der Waals surface area contributed by atoms with Crippen LogP contribution < -0.4 is 14.7 Å². The fourth-order valence-electron chi connectivity index (χ4n) is 3.91. The zero-order chi connectivity index (χ0) is 17.3. The lowest BCUT2D eigenvalue weighted by Crippen LogP contribution is -2.47. The molecule has 0 saturated carbocycles. The molecule has 26 heavy (non-hydrogen) atoms. The minimum absolute atomic E-state index is 0.774. The van der Waals surface area contributed by atoms with Gasteiger partial charge in [-0.1, -0.05) is 0 Å². The van der Waals surface area contributed by atoms with Crippen molar-refractivity contribution in [2.24, 2.45) is 0 Å². The molecule has 0 atom stereocenters. The highest BCUT2D eigenvalue weighted by atomic mass is 32.1. The molecule has 2 aliphatic heterocycles. The van der Waals surface area contributed by atoms with Crippen molar-refractivity contribution in [1.29, 1.82) is 0 Å². The third-order valence-electron chi connectivity index (χ3n) is 5.43. The molecule has 2 saturated heterocycles. The van der Waals surface area contributed by atoms with E-state index in [-0.39, 0.29) is 0 Å². The van der Waals surface area contributed by atoms with Gasteiger partial charge in [0.25, 0.3) is 0 Å². The Bertz CT molecular complexity index is 745. The Kier molecular flexibility index (Phi) is 4.38. The topological polar surface area (TPSA) is 57.6 Å². The van der Waals surface area contributed by atoms with Crippen molar-refractivity contribution in [3.05, 3.63) is 23.0 Å². The second-order valence-corrected chi connectivity index (χ2v) is 8.09. The van der Waals surface area contributed by atoms with E-state index in [1.165, 1.54) is 28.5 Å². The van der Waals surface area contributed by atoms with Crippen LogP contribution in [0.25, 0.3) is 0 Å². The van der Waals surface area contributed by atoms with E-state index < -0.39 is 0 Å². The van der Waals surface area contributed by atoms with Gasteiger partial charge in [0.05, 0.1) is 18.9 Å². The van der Waals surface area contributed by atoms with Crippen LogP contribution >= 0.6 is 11.3 Å². The summed E-state index contributed by atoms with van der Waals surface area (Å²) < 4.78 is 5.44. The highest BCUT2D eigenvalue weighted by Gasteiger charge is 2.24. The molecule has 7 nitrogen and oxygen atoms in total. The molecule has 0 N–H and O–H groups in total. The van der Waals surface area contributed by atoms with Crippen LogP contribution in [0.4, 0.5) is 16.8 Å².